The summed E-state index contributed by atoms with van der Waals surface area (Å²) in [5.74, 6) is 0. The summed E-state index contributed by atoms with van der Waals surface area (Å²) in [6, 6.07) is 0. The molecular weight excluding hydrogens is 567 g/mol. The van der Waals surface area contributed by atoms with Gasteiger partial charge in [0.25, 0.3) is 0 Å². The number of rotatable bonds is 4. The van der Waals surface area contributed by atoms with Gasteiger partial charge >= 0.3 is 81.0 Å². The third-order valence-electron chi connectivity index (χ3n) is 1.66. The zero-order valence-electron chi connectivity index (χ0n) is 12.4. The quantitative estimate of drug-likeness (QED) is 0.350. The van der Waals surface area contributed by atoms with Gasteiger partial charge in [0.05, 0.1) is 0 Å². The van der Waals surface area contributed by atoms with E-state index >= 15 is 0 Å². The predicted octanol–water partition coefficient (Wildman–Crippen LogP) is -0.0981. The fourth-order valence-electron chi connectivity index (χ4n) is 0.478. The van der Waals surface area contributed by atoms with Crippen molar-refractivity contribution in [3.63, 3.8) is 0 Å². The summed E-state index contributed by atoms with van der Waals surface area (Å²) in [4.78, 5) is 0. The Morgan fingerprint density at radius 3 is 0.516 bits per heavy atom. The van der Waals surface area contributed by atoms with E-state index in [1.54, 1.807) is 0 Å². The van der Waals surface area contributed by atoms with Crippen molar-refractivity contribution in [3.8, 4) is 0 Å². The van der Waals surface area contributed by atoms with Crippen molar-refractivity contribution in [3.05, 3.63) is 0 Å². The van der Waals surface area contributed by atoms with E-state index in [9.17, 15) is 86.4 Å². The van der Waals surface area contributed by atoms with Crippen LogP contribution in [0.1, 0.15) is 0 Å². The number of hydrogen-bond acceptors (Lipinski definition) is 8. The maximum absolute atomic E-state index is 11.5. The van der Waals surface area contributed by atoms with E-state index < -0.39 is 70.4 Å². The molecule has 10 nitrogen and oxygen atoms in total. The summed E-state index contributed by atoms with van der Waals surface area (Å²) in [6.07, 6.45) is 0. The predicted molar refractivity (Wildman–Crippen MR) is 73.3 cm³/mol. The van der Waals surface area contributed by atoms with Gasteiger partial charge in [-0.3, -0.25) is 0 Å². The Bertz CT molecular complexity index is 862. The van der Waals surface area contributed by atoms with E-state index in [0.29, 0.717) is 0 Å². The molecule has 0 fully saturated rings. The molecule has 0 amide bonds. The minimum atomic E-state index is -6.60. The summed E-state index contributed by atoms with van der Waals surface area (Å²) in [6.45, 7) is 0. The Kier molecular flexibility index (Phi) is 11.0. The second-order valence-electron chi connectivity index (χ2n) is 3.96. The SMILES string of the molecule is O=S(=O)(NS(=O)(=O)C(F)(F)F)C(F)(F)F.O=S(=O)(NS(=O)(=O)C(F)(F)F)C(F)(F)F.[LiH]. The fourth-order valence-corrected chi connectivity index (χ4v) is 4.30. The van der Waals surface area contributed by atoms with Gasteiger partial charge in [0.15, 0.2) is 0 Å². The van der Waals surface area contributed by atoms with Crippen LogP contribution >= 0.6 is 0 Å². The minimum absolute atomic E-state index is 0. The summed E-state index contributed by atoms with van der Waals surface area (Å²) in [5, 5.41) is 0. The topological polar surface area (TPSA) is 161 Å². The molecule has 0 heterocycles. The van der Waals surface area contributed by atoms with Crippen LogP contribution in [0, 0.1) is 0 Å². The van der Waals surface area contributed by atoms with E-state index in [-0.39, 0.29) is 18.9 Å². The molecule has 0 bridgehead atoms. The molecule has 0 saturated heterocycles. The van der Waals surface area contributed by atoms with E-state index in [1.807, 2.05) is 0 Å². The molecule has 0 aliphatic carbocycles. The molecule has 0 saturated carbocycles. The summed E-state index contributed by atoms with van der Waals surface area (Å²) >= 11 is 0. The molecule has 0 atom stereocenters. The second kappa shape index (κ2) is 9.77. The Morgan fingerprint density at radius 1 is 0.355 bits per heavy atom. The zero-order valence-corrected chi connectivity index (χ0v) is 15.7. The summed E-state index contributed by atoms with van der Waals surface area (Å²) in [7, 11) is -26.4. The molecule has 0 rings (SSSR count). The van der Waals surface area contributed by atoms with Gasteiger partial charge in [-0.1, -0.05) is 8.25 Å². The Labute approximate surface area is 175 Å². The Hall–Kier alpha value is -0.523. The molecule has 0 spiro atoms. The van der Waals surface area contributed by atoms with Crippen LogP contribution in [0.5, 0.6) is 0 Å². The molecule has 0 aliphatic rings. The number of hydrogen-bond donors (Lipinski definition) is 2. The van der Waals surface area contributed by atoms with Crippen LogP contribution in [-0.2, 0) is 40.1 Å². The van der Waals surface area contributed by atoms with Gasteiger partial charge in [0.1, 0.15) is 0 Å². The number of nitrogens with one attached hydrogen (secondary N) is 2. The molecule has 0 radical (unpaired) electrons. The van der Waals surface area contributed by atoms with Gasteiger partial charge in [-0.25, -0.2) is 33.7 Å². The van der Waals surface area contributed by atoms with Gasteiger partial charge in [-0.05, 0) is 0 Å². The molecule has 27 heteroatoms. The monoisotopic (exact) mass is 570 g/mol. The van der Waals surface area contributed by atoms with Gasteiger partial charge in [-0.15, -0.1) is 0 Å². The van der Waals surface area contributed by atoms with Crippen molar-refractivity contribution < 1.29 is 86.4 Å². The van der Waals surface area contributed by atoms with Gasteiger partial charge < -0.3 is 0 Å². The molecule has 0 aromatic rings. The normalized spacial score (nSPS) is 14.8. The fraction of sp³-hybridized carbons (Fsp3) is 1.00. The molecule has 0 aromatic heterocycles. The number of halogens is 12. The number of alkyl halides is 12. The molecule has 0 aliphatic heterocycles. The molecule has 0 unspecified atom stereocenters. The van der Waals surface area contributed by atoms with E-state index in [4.69, 9.17) is 0 Å². The summed E-state index contributed by atoms with van der Waals surface area (Å²) < 4.78 is 217. The van der Waals surface area contributed by atoms with E-state index in [2.05, 4.69) is 0 Å². The third-order valence-corrected chi connectivity index (χ3v) is 7.61. The van der Waals surface area contributed by atoms with Crippen LogP contribution in [0.25, 0.3) is 0 Å². The first-order valence-electron chi connectivity index (χ1n) is 5.23. The third kappa shape index (κ3) is 9.87. The number of sulfonamides is 4. The summed E-state index contributed by atoms with van der Waals surface area (Å²) in [5.41, 5.74) is -24.6. The average Bonchev–Trinajstić information content (AvgIpc) is 2.30. The molecule has 31 heavy (non-hydrogen) atoms. The second-order valence-corrected chi connectivity index (χ2v) is 11.2. The molecule has 186 valence electrons. The zero-order chi connectivity index (χ0) is 25.4. The Morgan fingerprint density at radius 2 is 0.452 bits per heavy atom. The van der Waals surface area contributed by atoms with E-state index in [1.165, 1.54) is 0 Å². The van der Waals surface area contributed by atoms with Crippen molar-refractivity contribution in [2.75, 3.05) is 0 Å². The molecule has 2 N–H and O–H groups in total. The molecule has 0 aromatic carbocycles. The van der Waals surface area contributed by atoms with Crippen LogP contribution in [-0.4, -0.2) is 74.6 Å². The van der Waals surface area contributed by atoms with Crippen LogP contribution in [0.3, 0.4) is 0 Å². The first kappa shape index (κ1) is 35.1. The first-order valence-corrected chi connectivity index (χ1v) is 11.2. The van der Waals surface area contributed by atoms with Crippen molar-refractivity contribution in [2.45, 2.75) is 22.0 Å². The van der Waals surface area contributed by atoms with Crippen LogP contribution in [0.4, 0.5) is 52.7 Å². The average molecular weight is 570 g/mol. The van der Waals surface area contributed by atoms with Gasteiger partial charge in [-0.2, -0.15) is 52.7 Å². The van der Waals surface area contributed by atoms with Crippen LogP contribution in [0.2, 0.25) is 0 Å². The van der Waals surface area contributed by atoms with E-state index in [0.717, 1.165) is 0 Å². The van der Waals surface area contributed by atoms with Crippen molar-refractivity contribution >= 4 is 59.0 Å². The van der Waals surface area contributed by atoms with Gasteiger partial charge in [0.2, 0.25) is 0 Å². The van der Waals surface area contributed by atoms with Crippen molar-refractivity contribution in [2.24, 2.45) is 0 Å². The van der Waals surface area contributed by atoms with Gasteiger partial charge in [0, 0.05) is 0 Å². The standard InChI is InChI=1S/2C2HF6NO4S2.Li.H/c2*3-1(4,5)14(10,11)9-15(12,13)2(6,7)8;;/h2*9H;;. The van der Waals surface area contributed by atoms with Crippen LogP contribution in [0.15, 0.2) is 0 Å². The Balaban J connectivity index is -0.000000490. The first-order chi connectivity index (χ1) is 12.4. The molecular formula is C4H3F12LiN2O8S4. The van der Waals surface area contributed by atoms with Crippen molar-refractivity contribution in [1.82, 2.24) is 8.25 Å². The van der Waals surface area contributed by atoms with Crippen molar-refractivity contribution in [1.29, 1.82) is 0 Å². The maximum atomic E-state index is 11.5. The van der Waals surface area contributed by atoms with Crippen LogP contribution < -0.4 is 8.25 Å².